The van der Waals surface area contributed by atoms with Crippen molar-refractivity contribution < 1.29 is 22.3 Å². The smallest absolute Gasteiger partial charge is 0.243 e. The van der Waals surface area contributed by atoms with Gasteiger partial charge in [0.1, 0.15) is 11.6 Å². The van der Waals surface area contributed by atoms with Gasteiger partial charge >= 0.3 is 0 Å². The van der Waals surface area contributed by atoms with Gasteiger partial charge in [0.05, 0.1) is 18.6 Å². The lowest BCUT2D eigenvalue weighted by Crippen LogP contribution is -2.42. The second-order valence-electron chi connectivity index (χ2n) is 7.63. The number of aryl methyl sites for hydroxylation is 1. The summed E-state index contributed by atoms with van der Waals surface area (Å²) in [7, 11) is -0.909. The zero-order valence-corrected chi connectivity index (χ0v) is 19.7. The zero-order valence-electron chi connectivity index (χ0n) is 18.9. The van der Waals surface area contributed by atoms with Crippen LogP contribution in [-0.2, 0) is 21.2 Å². The number of carbonyl (C=O) groups is 1. The van der Waals surface area contributed by atoms with Gasteiger partial charge in [-0.05, 0) is 66.9 Å². The third-order valence-electron chi connectivity index (χ3n) is 5.40. The summed E-state index contributed by atoms with van der Waals surface area (Å²) in [5, 5.41) is 0. The SMILES string of the molecule is COc1ccc(S(=O)(=O)N(CCc2ccccc2)CC(=O)N(C)c2ccc(F)cc2)cc1C. The maximum Gasteiger partial charge on any atom is 0.243 e. The monoisotopic (exact) mass is 470 g/mol. The predicted octanol–water partition coefficient (Wildman–Crippen LogP) is 4.04. The molecule has 0 N–H and O–H groups in total. The molecule has 3 aromatic carbocycles. The zero-order chi connectivity index (χ0) is 24.0. The van der Waals surface area contributed by atoms with Crippen LogP contribution in [0, 0.1) is 12.7 Å². The minimum atomic E-state index is -3.97. The molecule has 0 heterocycles. The molecule has 3 rings (SSSR count). The molecule has 3 aromatic rings. The van der Waals surface area contributed by atoms with Crippen LogP contribution in [0.5, 0.6) is 5.75 Å². The van der Waals surface area contributed by atoms with E-state index in [9.17, 15) is 17.6 Å². The van der Waals surface area contributed by atoms with E-state index in [1.807, 2.05) is 30.3 Å². The Kier molecular flexibility index (Phi) is 7.84. The third-order valence-corrected chi connectivity index (χ3v) is 7.24. The highest BCUT2D eigenvalue weighted by molar-refractivity contribution is 7.89. The highest BCUT2D eigenvalue weighted by atomic mass is 32.2. The minimum Gasteiger partial charge on any atom is -0.496 e. The van der Waals surface area contributed by atoms with Gasteiger partial charge < -0.3 is 9.64 Å². The molecule has 0 spiro atoms. The molecule has 0 aromatic heterocycles. The van der Waals surface area contributed by atoms with E-state index >= 15 is 0 Å². The van der Waals surface area contributed by atoms with Crippen molar-refractivity contribution in [3.8, 4) is 5.75 Å². The molecule has 8 heteroatoms. The number of anilines is 1. The van der Waals surface area contributed by atoms with Crippen molar-refractivity contribution in [1.29, 1.82) is 0 Å². The van der Waals surface area contributed by atoms with E-state index in [0.717, 1.165) is 5.56 Å². The highest BCUT2D eigenvalue weighted by Crippen LogP contribution is 2.24. The third kappa shape index (κ3) is 5.97. The Morgan fingerprint density at radius 2 is 1.67 bits per heavy atom. The summed E-state index contributed by atoms with van der Waals surface area (Å²) >= 11 is 0. The van der Waals surface area contributed by atoms with Crippen LogP contribution in [0.3, 0.4) is 0 Å². The predicted molar refractivity (Wildman–Crippen MR) is 126 cm³/mol. The van der Waals surface area contributed by atoms with Gasteiger partial charge in [-0.3, -0.25) is 4.79 Å². The lowest BCUT2D eigenvalue weighted by molar-refractivity contribution is -0.118. The Balaban J connectivity index is 1.88. The molecule has 0 saturated carbocycles. The van der Waals surface area contributed by atoms with Crippen LogP contribution in [0.4, 0.5) is 10.1 Å². The molecular formula is C25H27FN2O4S. The summed E-state index contributed by atoms with van der Waals surface area (Å²) in [6, 6.07) is 19.6. The lowest BCUT2D eigenvalue weighted by atomic mass is 10.1. The maximum atomic E-state index is 13.5. The number of hydrogen-bond donors (Lipinski definition) is 0. The summed E-state index contributed by atoms with van der Waals surface area (Å²) in [5.74, 6) is -0.262. The summed E-state index contributed by atoms with van der Waals surface area (Å²) < 4.78 is 46.7. The van der Waals surface area contributed by atoms with Crippen molar-refractivity contribution in [1.82, 2.24) is 4.31 Å². The molecule has 0 bridgehead atoms. The van der Waals surface area contributed by atoms with Crippen molar-refractivity contribution in [3.63, 3.8) is 0 Å². The molecule has 0 aliphatic carbocycles. The number of nitrogens with zero attached hydrogens (tertiary/aromatic N) is 2. The molecule has 0 aliphatic heterocycles. The van der Waals surface area contributed by atoms with Crippen molar-refractivity contribution in [2.45, 2.75) is 18.2 Å². The van der Waals surface area contributed by atoms with Crippen LogP contribution in [0.25, 0.3) is 0 Å². The summed E-state index contributed by atoms with van der Waals surface area (Å²) in [4.78, 5) is 14.4. The maximum absolute atomic E-state index is 13.5. The summed E-state index contributed by atoms with van der Waals surface area (Å²) in [5.41, 5.74) is 2.11. The Morgan fingerprint density at radius 1 is 1.00 bits per heavy atom. The minimum absolute atomic E-state index is 0.0890. The van der Waals surface area contributed by atoms with Gasteiger partial charge in [-0.15, -0.1) is 0 Å². The number of sulfonamides is 1. The average Bonchev–Trinajstić information content (AvgIpc) is 2.82. The molecule has 0 fully saturated rings. The molecular weight excluding hydrogens is 443 g/mol. The largest absolute Gasteiger partial charge is 0.496 e. The van der Waals surface area contributed by atoms with E-state index in [2.05, 4.69) is 0 Å². The molecule has 0 saturated heterocycles. The van der Waals surface area contributed by atoms with Crippen molar-refractivity contribution in [2.75, 3.05) is 32.1 Å². The van der Waals surface area contributed by atoms with Gasteiger partial charge in [0.25, 0.3) is 0 Å². The molecule has 0 atom stereocenters. The summed E-state index contributed by atoms with van der Waals surface area (Å²) in [6.45, 7) is 1.54. The van der Waals surface area contributed by atoms with Crippen LogP contribution >= 0.6 is 0 Å². The highest BCUT2D eigenvalue weighted by Gasteiger charge is 2.28. The topological polar surface area (TPSA) is 66.9 Å². The van der Waals surface area contributed by atoms with E-state index < -0.39 is 21.7 Å². The Morgan fingerprint density at radius 3 is 2.27 bits per heavy atom. The number of amides is 1. The number of ether oxygens (including phenoxy) is 1. The Labute approximate surface area is 194 Å². The van der Waals surface area contributed by atoms with Crippen LogP contribution in [0.15, 0.2) is 77.7 Å². The first-order valence-electron chi connectivity index (χ1n) is 10.4. The number of benzene rings is 3. The normalized spacial score (nSPS) is 11.4. The van der Waals surface area contributed by atoms with E-state index in [-0.39, 0.29) is 18.0 Å². The molecule has 1 amide bonds. The van der Waals surface area contributed by atoms with Gasteiger partial charge in [0.2, 0.25) is 15.9 Å². The van der Waals surface area contributed by atoms with Gasteiger partial charge in [0.15, 0.2) is 0 Å². The van der Waals surface area contributed by atoms with Crippen LogP contribution in [0.1, 0.15) is 11.1 Å². The van der Waals surface area contributed by atoms with Gasteiger partial charge in [-0.2, -0.15) is 4.31 Å². The molecule has 33 heavy (non-hydrogen) atoms. The quantitative estimate of drug-likeness (QED) is 0.473. The number of halogens is 1. The number of carbonyl (C=O) groups excluding carboxylic acids is 1. The van der Waals surface area contributed by atoms with Crippen LogP contribution in [0.2, 0.25) is 0 Å². The van der Waals surface area contributed by atoms with E-state index in [1.165, 1.54) is 59.8 Å². The van der Waals surface area contributed by atoms with Gasteiger partial charge in [-0.1, -0.05) is 30.3 Å². The van der Waals surface area contributed by atoms with Crippen LogP contribution < -0.4 is 9.64 Å². The Hall–Kier alpha value is -3.23. The molecule has 0 aliphatic rings. The van der Waals surface area contributed by atoms with Crippen LogP contribution in [-0.4, -0.2) is 45.9 Å². The van der Waals surface area contributed by atoms with E-state index in [0.29, 0.717) is 23.4 Å². The fraction of sp³-hybridized carbons (Fsp3) is 0.240. The van der Waals surface area contributed by atoms with E-state index in [4.69, 9.17) is 4.74 Å². The second kappa shape index (κ2) is 10.6. The number of methoxy groups -OCH3 is 1. The Bertz CT molecular complexity index is 1200. The number of likely N-dealkylation sites (N-methyl/N-ethyl adjacent to an activating group) is 1. The molecule has 174 valence electrons. The molecule has 6 nitrogen and oxygen atoms in total. The first kappa shape index (κ1) is 24.4. The number of rotatable bonds is 9. The molecule has 0 unspecified atom stereocenters. The first-order valence-corrected chi connectivity index (χ1v) is 11.9. The van der Waals surface area contributed by atoms with Crippen molar-refractivity contribution in [2.24, 2.45) is 0 Å². The fourth-order valence-corrected chi connectivity index (χ4v) is 4.88. The summed E-state index contributed by atoms with van der Waals surface area (Å²) in [6.07, 6.45) is 0.447. The van der Waals surface area contributed by atoms with Gasteiger partial charge in [0, 0.05) is 19.3 Å². The second-order valence-corrected chi connectivity index (χ2v) is 9.57. The number of hydrogen-bond acceptors (Lipinski definition) is 4. The van der Waals surface area contributed by atoms with E-state index in [1.54, 1.807) is 13.0 Å². The average molecular weight is 471 g/mol. The lowest BCUT2D eigenvalue weighted by Gasteiger charge is -2.25. The first-order chi connectivity index (χ1) is 15.7. The van der Waals surface area contributed by atoms with Crippen molar-refractivity contribution in [3.05, 3.63) is 89.7 Å². The fourth-order valence-electron chi connectivity index (χ4n) is 3.41. The van der Waals surface area contributed by atoms with Crippen molar-refractivity contribution >= 4 is 21.6 Å². The molecule has 0 radical (unpaired) electrons. The standard InChI is InChI=1S/C25H27FN2O4S/c1-19-17-23(13-14-24(19)32-3)33(30,31)28(16-15-20-7-5-4-6-8-20)18-25(29)27(2)22-11-9-21(26)10-12-22/h4-14,17H,15-16,18H2,1-3H3. The van der Waals surface area contributed by atoms with Gasteiger partial charge in [-0.25, -0.2) is 12.8 Å².